The number of carbonyl (C=O) groups is 2. The third-order valence-electron chi connectivity index (χ3n) is 3.45. The summed E-state index contributed by atoms with van der Waals surface area (Å²) in [6.07, 6.45) is 14.5. The van der Waals surface area contributed by atoms with Crippen LogP contribution in [0.25, 0.3) is 0 Å². The topological polar surface area (TPSA) is 46.2 Å². The van der Waals surface area contributed by atoms with Gasteiger partial charge in [0, 0.05) is 18.9 Å². The molecule has 0 aliphatic heterocycles. The minimum absolute atomic E-state index is 0.113. The molecule has 1 aliphatic rings. The van der Waals surface area contributed by atoms with Crippen molar-refractivity contribution in [2.75, 3.05) is 0 Å². The van der Waals surface area contributed by atoms with E-state index in [0.717, 1.165) is 31.1 Å². The molecule has 0 unspecified atom stereocenters. The summed E-state index contributed by atoms with van der Waals surface area (Å²) in [6, 6.07) is 0.388. The van der Waals surface area contributed by atoms with Crippen molar-refractivity contribution >= 4 is 12.2 Å². The fraction of sp³-hybridized carbons (Fsp3) is 0.625. The normalized spacial score (nSPS) is 17.6. The minimum atomic E-state index is 0.113. The highest BCUT2D eigenvalue weighted by atomic mass is 16.1. The third-order valence-corrected chi connectivity index (χ3v) is 3.45. The Hall–Kier alpha value is -1.38. The molecule has 0 spiro atoms. The highest BCUT2D eigenvalue weighted by Crippen LogP contribution is 2.17. The molecule has 3 heteroatoms. The summed E-state index contributed by atoms with van der Waals surface area (Å²) in [7, 11) is 0. The van der Waals surface area contributed by atoms with Gasteiger partial charge in [0.2, 0.25) is 5.91 Å². The first-order chi connectivity index (χ1) is 9.22. The summed E-state index contributed by atoms with van der Waals surface area (Å²) < 4.78 is 0. The molecule has 0 aromatic heterocycles. The van der Waals surface area contributed by atoms with Crippen LogP contribution in [0.4, 0.5) is 0 Å². The smallest absolute Gasteiger partial charge is 0.224 e. The van der Waals surface area contributed by atoms with E-state index in [1.807, 2.05) is 25.2 Å². The van der Waals surface area contributed by atoms with E-state index in [1.165, 1.54) is 19.3 Å². The Labute approximate surface area is 116 Å². The predicted molar refractivity (Wildman–Crippen MR) is 77.8 cm³/mol. The van der Waals surface area contributed by atoms with Crippen LogP contribution in [0.1, 0.15) is 58.3 Å². The van der Waals surface area contributed by atoms with Crippen molar-refractivity contribution in [3.05, 3.63) is 23.8 Å². The first-order valence-electron chi connectivity index (χ1n) is 7.27. The molecule has 0 heterocycles. The van der Waals surface area contributed by atoms with E-state index >= 15 is 0 Å². The number of carbonyl (C=O) groups excluding carboxylic acids is 2. The van der Waals surface area contributed by atoms with Gasteiger partial charge in [-0.3, -0.25) is 4.79 Å². The van der Waals surface area contributed by atoms with Gasteiger partial charge in [-0.2, -0.15) is 0 Å². The maximum atomic E-state index is 11.7. The first kappa shape index (κ1) is 15.7. The van der Waals surface area contributed by atoms with Crippen LogP contribution in [-0.4, -0.2) is 18.2 Å². The molecule has 0 atom stereocenters. The highest BCUT2D eigenvalue weighted by Gasteiger charge is 2.14. The summed E-state index contributed by atoms with van der Waals surface area (Å²) in [5.41, 5.74) is 1.16. The number of hydrogen-bond donors (Lipinski definition) is 1. The number of allylic oxidation sites excluding steroid dienone is 3. The number of hydrogen-bond acceptors (Lipinski definition) is 2. The Morgan fingerprint density at radius 2 is 2.00 bits per heavy atom. The number of nitrogens with one attached hydrogen (secondary N) is 1. The largest absolute Gasteiger partial charge is 0.353 e. The first-order valence-corrected chi connectivity index (χ1v) is 7.27. The predicted octanol–water partition coefficient (Wildman–Crippen LogP) is 3.31. The van der Waals surface area contributed by atoms with Gasteiger partial charge >= 0.3 is 0 Å². The quantitative estimate of drug-likeness (QED) is 0.566. The van der Waals surface area contributed by atoms with Crippen LogP contribution in [0.3, 0.4) is 0 Å². The minimum Gasteiger partial charge on any atom is -0.353 e. The van der Waals surface area contributed by atoms with Crippen molar-refractivity contribution in [3.63, 3.8) is 0 Å². The van der Waals surface area contributed by atoms with Crippen molar-refractivity contribution in [1.29, 1.82) is 0 Å². The summed E-state index contributed by atoms with van der Waals surface area (Å²) in [4.78, 5) is 21.9. The second kappa shape index (κ2) is 9.54. The maximum absolute atomic E-state index is 11.7. The van der Waals surface area contributed by atoms with E-state index in [2.05, 4.69) is 5.32 Å². The molecule has 1 N–H and O–H groups in total. The standard InChI is InChI=1S/C16H25NO2/c1-14(9-7-13-18)8-5-6-12-16(19)17-15-10-3-2-4-11-15/h5-6,8,13,15H,2-4,7,9-12H2,1H3,(H,17,19)/b6-5-,14-8+. The molecular formula is C16H25NO2. The van der Waals surface area contributed by atoms with Crippen molar-refractivity contribution in [2.24, 2.45) is 0 Å². The van der Waals surface area contributed by atoms with Gasteiger partial charge in [0.25, 0.3) is 0 Å². The Kier molecular flexibility index (Phi) is 7.87. The third kappa shape index (κ3) is 7.60. The number of aldehydes is 1. The summed E-state index contributed by atoms with van der Waals surface area (Å²) in [6.45, 7) is 2.00. The fourth-order valence-electron chi connectivity index (χ4n) is 2.31. The van der Waals surface area contributed by atoms with E-state index < -0.39 is 0 Å². The van der Waals surface area contributed by atoms with Gasteiger partial charge in [-0.1, -0.05) is 43.1 Å². The summed E-state index contributed by atoms with van der Waals surface area (Å²) in [5.74, 6) is 0.113. The lowest BCUT2D eigenvalue weighted by Crippen LogP contribution is -2.35. The molecule has 1 saturated carbocycles. The van der Waals surface area contributed by atoms with Crippen LogP contribution >= 0.6 is 0 Å². The van der Waals surface area contributed by atoms with Gasteiger partial charge in [0.1, 0.15) is 6.29 Å². The zero-order valence-electron chi connectivity index (χ0n) is 11.9. The highest BCUT2D eigenvalue weighted by molar-refractivity contribution is 5.77. The van der Waals surface area contributed by atoms with Crippen molar-refractivity contribution in [2.45, 2.75) is 64.3 Å². The molecule has 19 heavy (non-hydrogen) atoms. The number of amides is 1. The van der Waals surface area contributed by atoms with Gasteiger partial charge < -0.3 is 10.1 Å². The van der Waals surface area contributed by atoms with Crippen LogP contribution in [0.5, 0.6) is 0 Å². The van der Waals surface area contributed by atoms with Gasteiger partial charge in [-0.05, 0) is 26.2 Å². The van der Waals surface area contributed by atoms with Crippen molar-refractivity contribution < 1.29 is 9.59 Å². The van der Waals surface area contributed by atoms with E-state index in [0.29, 0.717) is 18.9 Å². The molecule has 1 fully saturated rings. The molecule has 0 aromatic rings. The van der Waals surface area contributed by atoms with E-state index in [1.54, 1.807) is 0 Å². The number of rotatable bonds is 7. The average Bonchev–Trinajstić information content (AvgIpc) is 2.42. The second-order valence-corrected chi connectivity index (χ2v) is 5.25. The monoisotopic (exact) mass is 263 g/mol. The molecule has 0 bridgehead atoms. The summed E-state index contributed by atoms with van der Waals surface area (Å²) in [5, 5.41) is 3.08. The molecule has 3 nitrogen and oxygen atoms in total. The summed E-state index contributed by atoms with van der Waals surface area (Å²) >= 11 is 0. The fourth-order valence-corrected chi connectivity index (χ4v) is 2.31. The Morgan fingerprint density at radius 1 is 1.26 bits per heavy atom. The molecule has 0 aromatic carbocycles. The van der Waals surface area contributed by atoms with E-state index in [4.69, 9.17) is 0 Å². The van der Waals surface area contributed by atoms with Crippen molar-refractivity contribution in [3.8, 4) is 0 Å². The Morgan fingerprint density at radius 3 is 2.68 bits per heavy atom. The van der Waals surface area contributed by atoms with Gasteiger partial charge in [-0.15, -0.1) is 0 Å². The van der Waals surface area contributed by atoms with Crippen LogP contribution in [0.2, 0.25) is 0 Å². The van der Waals surface area contributed by atoms with E-state index in [-0.39, 0.29) is 5.91 Å². The lowest BCUT2D eigenvalue weighted by Gasteiger charge is -2.22. The molecule has 1 aliphatic carbocycles. The molecule has 1 rings (SSSR count). The van der Waals surface area contributed by atoms with Crippen LogP contribution in [0, 0.1) is 0 Å². The van der Waals surface area contributed by atoms with Crippen LogP contribution in [0.15, 0.2) is 23.8 Å². The van der Waals surface area contributed by atoms with Gasteiger partial charge in [-0.25, -0.2) is 0 Å². The van der Waals surface area contributed by atoms with Crippen LogP contribution < -0.4 is 5.32 Å². The van der Waals surface area contributed by atoms with Crippen molar-refractivity contribution in [1.82, 2.24) is 5.32 Å². The SMILES string of the molecule is C/C(=C\C=C/CC(=O)NC1CCCCC1)CCC=O. The molecule has 0 radical (unpaired) electrons. The zero-order chi connectivity index (χ0) is 13.9. The average molecular weight is 263 g/mol. The lowest BCUT2D eigenvalue weighted by atomic mass is 9.95. The molecule has 106 valence electrons. The lowest BCUT2D eigenvalue weighted by molar-refractivity contribution is -0.121. The maximum Gasteiger partial charge on any atom is 0.224 e. The molecular weight excluding hydrogens is 238 g/mol. The van der Waals surface area contributed by atoms with E-state index in [9.17, 15) is 9.59 Å². The Balaban J connectivity index is 2.19. The zero-order valence-corrected chi connectivity index (χ0v) is 11.9. The van der Waals surface area contributed by atoms with Gasteiger partial charge in [0.05, 0.1) is 0 Å². The second-order valence-electron chi connectivity index (χ2n) is 5.25. The Bertz CT molecular complexity index is 339. The molecule has 1 amide bonds. The van der Waals surface area contributed by atoms with Gasteiger partial charge in [0.15, 0.2) is 0 Å². The van der Waals surface area contributed by atoms with Crippen LogP contribution in [-0.2, 0) is 9.59 Å². The molecule has 0 saturated heterocycles.